The number of amides is 1. The first kappa shape index (κ1) is 18.8. The summed E-state index contributed by atoms with van der Waals surface area (Å²) in [5.41, 5.74) is 7.40. The van der Waals surface area contributed by atoms with E-state index in [0.717, 1.165) is 28.1 Å². The zero-order valence-electron chi connectivity index (χ0n) is 16.6. The Balaban J connectivity index is 1.36. The Hall–Kier alpha value is -3.19. The molecule has 0 bridgehead atoms. The van der Waals surface area contributed by atoms with Gasteiger partial charge in [-0.05, 0) is 66.5 Å². The van der Waals surface area contributed by atoms with Gasteiger partial charge < -0.3 is 0 Å². The third kappa shape index (κ3) is 2.97. The molecule has 3 aromatic rings. The highest BCUT2D eigenvalue weighted by atomic mass is 32.2. The van der Waals surface area contributed by atoms with Gasteiger partial charge in [-0.25, -0.2) is 13.8 Å². The summed E-state index contributed by atoms with van der Waals surface area (Å²) < 4.78 is 27.1. The minimum Gasteiger partial charge on any atom is -0.271 e. The van der Waals surface area contributed by atoms with E-state index in [2.05, 4.69) is 22.7 Å². The van der Waals surface area contributed by atoms with Crippen LogP contribution in [-0.4, -0.2) is 26.6 Å². The van der Waals surface area contributed by atoms with E-state index in [1.54, 1.807) is 24.3 Å². The summed E-state index contributed by atoms with van der Waals surface area (Å²) >= 11 is 0. The van der Waals surface area contributed by atoms with Crippen LogP contribution in [0.4, 0.5) is 5.69 Å². The Bertz CT molecular complexity index is 1320. The fourth-order valence-corrected chi connectivity index (χ4v) is 5.97. The number of carbonyl (C=O) groups is 1. The number of nitrogens with one attached hydrogen (secondary N) is 1. The zero-order valence-corrected chi connectivity index (χ0v) is 17.4. The van der Waals surface area contributed by atoms with Crippen molar-refractivity contribution in [2.45, 2.75) is 31.1 Å². The van der Waals surface area contributed by atoms with E-state index in [1.165, 1.54) is 17.5 Å². The second kappa shape index (κ2) is 6.95. The molecule has 1 aliphatic carbocycles. The van der Waals surface area contributed by atoms with E-state index in [1.807, 2.05) is 25.1 Å². The Morgan fingerprint density at radius 1 is 1.07 bits per heavy atom. The molecule has 1 amide bonds. The van der Waals surface area contributed by atoms with Crippen molar-refractivity contribution in [1.29, 1.82) is 0 Å². The van der Waals surface area contributed by atoms with E-state index < -0.39 is 15.9 Å². The predicted molar refractivity (Wildman–Crippen MR) is 117 cm³/mol. The van der Waals surface area contributed by atoms with Gasteiger partial charge in [0.1, 0.15) is 6.54 Å². The molecule has 1 heterocycles. The average molecular weight is 420 g/mol. The van der Waals surface area contributed by atoms with Gasteiger partial charge in [-0.1, -0.05) is 36.4 Å². The van der Waals surface area contributed by atoms with E-state index in [-0.39, 0.29) is 11.4 Å². The first-order chi connectivity index (χ1) is 14.4. The van der Waals surface area contributed by atoms with Crippen molar-refractivity contribution in [3.8, 4) is 0 Å². The van der Waals surface area contributed by atoms with Crippen LogP contribution in [0.25, 0.3) is 10.8 Å². The fraction of sp³-hybridized carbons (Fsp3) is 0.217. The van der Waals surface area contributed by atoms with Gasteiger partial charge >= 0.3 is 0 Å². The first-order valence-electron chi connectivity index (χ1n) is 9.95. The van der Waals surface area contributed by atoms with Crippen molar-refractivity contribution in [1.82, 2.24) is 5.43 Å². The van der Waals surface area contributed by atoms with Gasteiger partial charge in [0.25, 0.3) is 15.9 Å². The van der Waals surface area contributed by atoms with Crippen molar-refractivity contribution in [2.75, 3.05) is 10.8 Å². The number of sulfonamides is 1. The molecule has 0 fully saturated rings. The van der Waals surface area contributed by atoms with Gasteiger partial charge in [0.05, 0.1) is 16.3 Å². The molecular formula is C23H21N3O3S. The summed E-state index contributed by atoms with van der Waals surface area (Å²) in [7, 11) is -3.77. The molecule has 0 aromatic heterocycles. The van der Waals surface area contributed by atoms with Crippen LogP contribution in [0.15, 0.2) is 64.6 Å². The van der Waals surface area contributed by atoms with Crippen LogP contribution < -0.4 is 9.73 Å². The van der Waals surface area contributed by atoms with Crippen LogP contribution in [0.2, 0.25) is 0 Å². The quantitative estimate of drug-likeness (QED) is 0.520. The van der Waals surface area contributed by atoms with E-state index in [0.29, 0.717) is 16.8 Å². The molecular weight excluding hydrogens is 398 g/mol. The molecule has 5 rings (SSSR count). The van der Waals surface area contributed by atoms with Crippen LogP contribution in [0.3, 0.4) is 0 Å². The molecule has 0 spiro atoms. The van der Waals surface area contributed by atoms with Crippen LogP contribution in [0, 0.1) is 0 Å². The molecule has 0 saturated heterocycles. The van der Waals surface area contributed by atoms with Gasteiger partial charge in [0, 0.05) is 5.39 Å². The number of anilines is 1. The number of hydrazone groups is 1. The maximum absolute atomic E-state index is 13.0. The monoisotopic (exact) mass is 419 g/mol. The van der Waals surface area contributed by atoms with Crippen LogP contribution in [0.1, 0.15) is 30.0 Å². The number of aryl methyl sites for hydroxylation is 2. The molecule has 0 saturated carbocycles. The largest absolute Gasteiger partial charge is 0.271 e. The average Bonchev–Trinajstić information content (AvgIpc) is 3.30. The second-order valence-corrected chi connectivity index (χ2v) is 9.54. The van der Waals surface area contributed by atoms with Gasteiger partial charge in [-0.15, -0.1) is 0 Å². The minimum atomic E-state index is -3.77. The Morgan fingerprint density at radius 3 is 2.67 bits per heavy atom. The van der Waals surface area contributed by atoms with E-state index >= 15 is 0 Å². The minimum absolute atomic E-state index is 0.237. The number of nitrogens with zero attached hydrogens (tertiary/aromatic N) is 2. The SMILES string of the molecule is C/C(=N/NC(=O)CN1c2cccc3cccc(c23)S1(=O)=O)c1ccc2c(c1)CCC2. The summed E-state index contributed by atoms with van der Waals surface area (Å²) in [6, 6.07) is 16.8. The summed E-state index contributed by atoms with van der Waals surface area (Å²) in [6.45, 7) is 1.51. The maximum atomic E-state index is 13.0. The summed E-state index contributed by atoms with van der Waals surface area (Å²) in [4.78, 5) is 12.8. The first-order valence-corrected chi connectivity index (χ1v) is 11.4. The van der Waals surface area contributed by atoms with Gasteiger partial charge in [-0.3, -0.25) is 9.10 Å². The van der Waals surface area contributed by atoms with E-state index in [9.17, 15) is 13.2 Å². The van der Waals surface area contributed by atoms with Crippen molar-refractivity contribution < 1.29 is 13.2 Å². The van der Waals surface area contributed by atoms with Gasteiger partial charge in [0.15, 0.2) is 0 Å². The smallest absolute Gasteiger partial charge is 0.265 e. The van der Waals surface area contributed by atoms with Crippen molar-refractivity contribution in [3.63, 3.8) is 0 Å². The van der Waals surface area contributed by atoms with Crippen molar-refractivity contribution in [2.24, 2.45) is 5.10 Å². The Kier molecular flexibility index (Phi) is 4.36. The lowest BCUT2D eigenvalue weighted by Crippen LogP contribution is -2.37. The molecule has 30 heavy (non-hydrogen) atoms. The molecule has 7 heteroatoms. The van der Waals surface area contributed by atoms with Crippen molar-refractivity contribution in [3.05, 3.63) is 71.3 Å². The number of hydrogen-bond donors (Lipinski definition) is 1. The topological polar surface area (TPSA) is 78.8 Å². The maximum Gasteiger partial charge on any atom is 0.265 e. The second-order valence-electron chi connectivity index (χ2n) is 7.71. The molecule has 6 nitrogen and oxygen atoms in total. The highest BCUT2D eigenvalue weighted by molar-refractivity contribution is 7.93. The Labute approximate surface area is 175 Å². The third-order valence-electron chi connectivity index (χ3n) is 5.83. The standard InChI is InChI=1S/C23H21N3O3S/c1-15(18-12-11-16-5-2-8-19(16)13-18)24-25-22(27)14-26-20-9-3-6-17-7-4-10-21(23(17)20)30(26,28)29/h3-4,6-7,9-13H,2,5,8,14H2,1H3,(H,25,27)/b24-15-. The van der Waals surface area contributed by atoms with Crippen molar-refractivity contribution >= 4 is 38.1 Å². The number of hydrogen-bond acceptors (Lipinski definition) is 4. The highest BCUT2D eigenvalue weighted by Crippen LogP contribution is 2.41. The predicted octanol–water partition coefficient (Wildman–Crippen LogP) is 3.38. The fourth-order valence-electron chi connectivity index (χ4n) is 4.30. The Morgan fingerprint density at radius 2 is 1.83 bits per heavy atom. The van der Waals surface area contributed by atoms with Crippen LogP contribution in [0.5, 0.6) is 0 Å². The lowest BCUT2D eigenvalue weighted by Gasteiger charge is -2.17. The molecule has 1 aliphatic heterocycles. The molecule has 0 radical (unpaired) electrons. The number of rotatable bonds is 4. The molecule has 1 N–H and O–H groups in total. The third-order valence-corrected chi connectivity index (χ3v) is 7.64. The lowest BCUT2D eigenvalue weighted by molar-refractivity contribution is -0.119. The molecule has 0 atom stereocenters. The van der Waals surface area contributed by atoms with Gasteiger partial charge in [0.2, 0.25) is 0 Å². The molecule has 0 unspecified atom stereocenters. The molecule has 152 valence electrons. The van der Waals surface area contributed by atoms with Crippen LogP contribution >= 0.6 is 0 Å². The normalized spacial score (nSPS) is 16.7. The molecule has 2 aliphatic rings. The summed E-state index contributed by atoms with van der Waals surface area (Å²) in [5.74, 6) is -0.483. The zero-order chi connectivity index (χ0) is 20.9. The number of carbonyl (C=O) groups excluding carboxylic acids is 1. The van der Waals surface area contributed by atoms with Gasteiger partial charge in [-0.2, -0.15) is 5.10 Å². The summed E-state index contributed by atoms with van der Waals surface area (Å²) in [5, 5.41) is 5.70. The summed E-state index contributed by atoms with van der Waals surface area (Å²) in [6.07, 6.45) is 3.36. The number of fused-ring (bicyclic) bond motifs is 1. The van der Waals surface area contributed by atoms with E-state index in [4.69, 9.17) is 0 Å². The molecule has 3 aromatic carbocycles. The lowest BCUT2D eigenvalue weighted by atomic mass is 10.0. The highest BCUT2D eigenvalue weighted by Gasteiger charge is 2.36. The van der Waals surface area contributed by atoms with Crippen LogP contribution in [-0.2, 0) is 27.7 Å². The number of benzene rings is 3.